The summed E-state index contributed by atoms with van der Waals surface area (Å²) in [5, 5.41) is 8.50. The van der Waals surface area contributed by atoms with Crippen LogP contribution >= 0.6 is 0 Å². The maximum atomic E-state index is 5.92. The number of rotatable bonds is 4. The van der Waals surface area contributed by atoms with E-state index in [9.17, 15) is 0 Å². The van der Waals surface area contributed by atoms with Gasteiger partial charge in [0.2, 0.25) is 11.8 Å². The molecular weight excluding hydrogens is 298 g/mol. The van der Waals surface area contributed by atoms with Crippen molar-refractivity contribution in [1.29, 1.82) is 0 Å². The lowest BCUT2D eigenvalue weighted by Crippen LogP contribution is -2.19. The molecule has 1 aliphatic heterocycles. The van der Waals surface area contributed by atoms with E-state index in [1.165, 1.54) is 11.1 Å². The van der Waals surface area contributed by atoms with Crippen LogP contribution in [-0.2, 0) is 6.54 Å². The van der Waals surface area contributed by atoms with E-state index in [1.54, 1.807) is 0 Å². The lowest BCUT2D eigenvalue weighted by Gasteiger charge is -2.15. The Morgan fingerprint density at radius 1 is 1.04 bits per heavy atom. The van der Waals surface area contributed by atoms with Gasteiger partial charge in [0.1, 0.15) is 0 Å². The standard InChI is InChI=1S/C20H21N3O/c1-15-7-9-16(10-8-15)13-23-12-11-18(14-23)20-22-21-19(24-20)17-5-3-2-4-6-17/h2-10,18H,11-14H2,1H3/t18-/m0/s1. The van der Waals surface area contributed by atoms with Crippen LogP contribution in [0.15, 0.2) is 59.0 Å². The summed E-state index contributed by atoms with van der Waals surface area (Å²) in [6.07, 6.45) is 1.07. The van der Waals surface area contributed by atoms with Crippen LogP contribution in [-0.4, -0.2) is 28.2 Å². The lowest BCUT2D eigenvalue weighted by atomic mass is 10.1. The van der Waals surface area contributed by atoms with Crippen molar-refractivity contribution in [3.8, 4) is 11.5 Å². The fraction of sp³-hybridized carbons (Fsp3) is 0.300. The van der Waals surface area contributed by atoms with Crippen molar-refractivity contribution < 1.29 is 4.42 Å². The third kappa shape index (κ3) is 3.24. The number of benzene rings is 2. The zero-order chi connectivity index (χ0) is 16.4. The third-order valence-corrected chi connectivity index (χ3v) is 4.61. The van der Waals surface area contributed by atoms with Gasteiger partial charge < -0.3 is 4.42 Å². The SMILES string of the molecule is Cc1ccc(CN2CC[C@H](c3nnc(-c4ccccc4)o3)C2)cc1. The molecule has 0 N–H and O–H groups in total. The summed E-state index contributed by atoms with van der Waals surface area (Å²) < 4.78 is 5.92. The number of nitrogens with zero attached hydrogens (tertiary/aromatic N) is 3. The van der Waals surface area contributed by atoms with Gasteiger partial charge >= 0.3 is 0 Å². The fourth-order valence-electron chi connectivity index (χ4n) is 3.23. The van der Waals surface area contributed by atoms with Crippen molar-refractivity contribution in [2.45, 2.75) is 25.8 Å². The first-order chi connectivity index (χ1) is 11.8. The number of hydrogen-bond donors (Lipinski definition) is 0. The molecule has 2 aromatic carbocycles. The Bertz CT molecular complexity index is 795. The Labute approximate surface area is 142 Å². The minimum atomic E-state index is 0.334. The van der Waals surface area contributed by atoms with Gasteiger partial charge in [0.25, 0.3) is 0 Å². The summed E-state index contributed by atoms with van der Waals surface area (Å²) in [4.78, 5) is 2.46. The van der Waals surface area contributed by atoms with Crippen molar-refractivity contribution >= 4 is 0 Å². The van der Waals surface area contributed by atoms with Crippen molar-refractivity contribution in [2.24, 2.45) is 0 Å². The van der Waals surface area contributed by atoms with Gasteiger partial charge in [-0.2, -0.15) is 0 Å². The van der Waals surface area contributed by atoms with Gasteiger partial charge in [-0.1, -0.05) is 48.0 Å². The molecule has 0 bridgehead atoms. The molecule has 1 atom stereocenters. The molecule has 2 heterocycles. The zero-order valence-electron chi connectivity index (χ0n) is 13.9. The molecule has 0 amide bonds. The van der Waals surface area contributed by atoms with Gasteiger partial charge in [-0.15, -0.1) is 10.2 Å². The Morgan fingerprint density at radius 3 is 2.62 bits per heavy atom. The lowest BCUT2D eigenvalue weighted by molar-refractivity contribution is 0.320. The van der Waals surface area contributed by atoms with Crippen molar-refractivity contribution in [2.75, 3.05) is 13.1 Å². The van der Waals surface area contributed by atoms with Crippen molar-refractivity contribution in [3.05, 3.63) is 71.6 Å². The van der Waals surface area contributed by atoms with Crippen LogP contribution in [0.1, 0.15) is 29.4 Å². The molecule has 0 spiro atoms. The van der Waals surface area contributed by atoms with Gasteiger partial charge in [0.15, 0.2) is 0 Å². The highest BCUT2D eigenvalue weighted by atomic mass is 16.4. The molecule has 1 saturated heterocycles. The maximum Gasteiger partial charge on any atom is 0.247 e. The van der Waals surface area contributed by atoms with E-state index < -0.39 is 0 Å². The molecular formula is C20H21N3O. The minimum absolute atomic E-state index is 0.334. The van der Waals surface area contributed by atoms with E-state index in [2.05, 4.69) is 46.3 Å². The number of hydrogen-bond acceptors (Lipinski definition) is 4. The summed E-state index contributed by atoms with van der Waals surface area (Å²) in [5.41, 5.74) is 3.64. The van der Waals surface area contributed by atoms with Gasteiger partial charge in [-0.05, 0) is 37.6 Å². The molecule has 0 aliphatic carbocycles. The summed E-state index contributed by atoms with van der Waals surface area (Å²) in [6, 6.07) is 18.7. The molecule has 1 fully saturated rings. The Balaban J connectivity index is 1.42. The smallest absolute Gasteiger partial charge is 0.247 e. The molecule has 0 unspecified atom stereocenters. The average Bonchev–Trinajstić information content (AvgIpc) is 3.27. The number of aryl methyl sites for hydroxylation is 1. The first kappa shape index (κ1) is 15.1. The topological polar surface area (TPSA) is 42.2 Å². The summed E-state index contributed by atoms with van der Waals surface area (Å²) >= 11 is 0. The van der Waals surface area contributed by atoms with Gasteiger partial charge in [-0.25, -0.2) is 0 Å². The van der Waals surface area contributed by atoms with Crippen LogP contribution in [0, 0.1) is 6.92 Å². The zero-order valence-corrected chi connectivity index (χ0v) is 13.9. The van der Waals surface area contributed by atoms with E-state index in [4.69, 9.17) is 4.42 Å². The highest BCUT2D eigenvalue weighted by molar-refractivity contribution is 5.51. The molecule has 4 nitrogen and oxygen atoms in total. The Morgan fingerprint density at radius 2 is 1.83 bits per heavy atom. The van der Waals surface area contributed by atoms with Crippen molar-refractivity contribution in [1.82, 2.24) is 15.1 Å². The fourth-order valence-corrected chi connectivity index (χ4v) is 3.23. The van der Waals surface area contributed by atoms with Crippen LogP contribution in [0.5, 0.6) is 0 Å². The first-order valence-electron chi connectivity index (χ1n) is 8.44. The third-order valence-electron chi connectivity index (χ3n) is 4.61. The van der Waals surface area contributed by atoms with E-state index in [0.29, 0.717) is 11.8 Å². The van der Waals surface area contributed by atoms with Crippen LogP contribution in [0.2, 0.25) is 0 Å². The predicted molar refractivity (Wildman–Crippen MR) is 93.5 cm³/mol. The van der Waals surface area contributed by atoms with Gasteiger partial charge in [-0.3, -0.25) is 4.90 Å². The Kier molecular flexibility index (Phi) is 4.13. The normalized spacial score (nSPS) is 18.1. The summed E-state index contributed by atoms with van der Waals surface area (Å²) in [7, 11) is 0. The summed E-state index contributed by atoms with van der Waals surface area (Å²) in [5.74, 6) is 1.71. The van der Waals surface area contributed by atoms with Crippen LogP contribution in [0.4, 0.5) is 0 Å². The minimum Gasteiger partial charge on any atom is -0.420 e. The molecule has 4 rings (SSSR count). The molecule has 122 valence electrons. The largest absolute Gasteiger partial charge is 0.420 e. The van der Waals surface area contributed by atoms with Crippen molar-refractivity contribution in [3.63, 3.8) is 0 Å². The monoisotopic (exact) mass is 319 g/mol. The molecule has 0 saturated carbocycles. The highest BCUT2D eigenvalue weighted by Crippen LogP contribution is 2.29. The molecule has 4 heteroatoms. The maximum absolute atomic E-state index is 5.92. The number of likely N-dealkylation sites (tertiary alicyclic amines) is 1. The first-order valence-corrected chi connectivity index (χ1v) is 8.44. The van der Waals surface area contributed by atoms with Gasteiger partial charge in [0.05, 0.1) is 5.92 Å². The molecule has 24 heavy (non-hydrogen) atoms. The number of aromatic nitrogens is 2. The second-order valence-electron chi connectivity index (χ2n) is 6.52. The average molecular weight is 319 g/mol. The quantitative estimate of drug-likeness (QED) is 0.728. The van der Waals surface area contributed by atoms with E-state index in [1.807, 2.05) is 30.3 Å². The molecule has 1 aliphatic rings. The second-order valence-corrected chi connectivity index (χ2v) is 6.52. The highest BCUT2D eigenvalue weighted by Gasteiger charge is 2.28. The van der Waals surface area contributed by atoms with Gasteiger partial charge in [0, 0.05) is 18.7 Å². The molecule has 1 aromatic heterocycles. The summed E-state index contributed by atoms with van der Waals surface area (Å²) in [6.45, 7) is 5.15. The van der Waals surface area contributed by atoms with Crippen LogP contribution < -0.4 is 0 Å². The second kappa shape index (κ2) is 6.57. The molecule has 0 radical (unpaired) electrons. The predicted octanol–water partition coefficient (Wildman–Crippen LogP) is 4.03. The Hall–Kier alpha value is -2.46. The van der Waals surface area contributed by atoms with E-state index in [0.717, 1.165) is 37.5 Å². The van der Waals surface area contributed by atoms with Crippen LogP contribution in [0.3, 0.4) is 0 Å². The van der Waals surface area contributed by atoms with E-state index >= 15 is 0 Å². The van der Waals surface area contributed by atoms with Crippen LogP contribution in [0.25, 0.3) is 11.5 Å². The van der Waals surface area contributed by atoms with E-state index in [-0.39, 0.29) is 0 Å². The molecule has 3 aromatic rings.